The van der Waals surface area contributed by atoms with Crippen LogP contribution in [0.1, 0.15) is 0 Å². The number of H-pyrrole nitrogens is 1. The smallest absolute Gasteiger partial charge is 0.395 e. The monoisotopic (exact) mass is 378 g/mol. The third kappa shape index (κ3) is 4.08. The Morgan fingerprint density at radius 2 is 1.96 bits per heavy atom. The maximum atomic E-state index is 13.1. The summed E-state index contributed by atoms with van der Waals surface area (Å²) < 4.78 is 34.8. The van der Waals surface area contributed by atoms with Gasteiger partial charge in [-0.1, -0.05) is 6.07 Å². The minimum absolute atomic E-state index is 0.0440. The van der Waals surface area contributed by atoms with Crippen LogP contribution in [0.3, 0.4) is 0 Å². The molecule has 1 aromatic carbocycles. The number of fused-ring (bicyclic) bond motifs is 1. The SMILES string of the molecule is O=C(C[NH+]1CCN(c2cccc[nH+]2)CC1)Nc1ccc2c(c1)OC(F)(F)O2. The number of halogens is 2. The Hall–Kier alpha value is -2.94. The lowest BCUT2D eigenvalue weighted by molar-refractivity contribution is -0.892. The number of hydrogen-bond acceptors (Lipinski definition) is 4. The Balaban J connectivity index is 1.28. The molecule has 3 N–H and O–H groups in total. The van der Waals surface area contributed by atoms with Crippen LogP contribution >= 0.6 is 0 Å². The predicted octanol–water partition coefficient (Wildman–Crippen LogP) is 0.166. The lowest BCUT2D eigenvalue weighted by Crippen LogP contribution is -3.15. The molecular formula is C18H20F2N4O3+2. The highest BCUT2D eigenvalue weighted by molar-refractivity contribution is 5.91. The van der Waals surface area contributed by atoms with Crippen molar-refractivity contribution in [2.75, 3.05) is 42.9 Å². The highest BCUT2D eigenvalue weighted by Crippen LogP contribution is 2.42. The zero-order valence-corrected chi connectivity index (χ0v) is 14.5. The van der Waals surface area contributed by atoms with Crippen molar-refractivity contribution in [3.8, 4) is 11.5 Å². The first kappa shape index (κ1) is 17.5. The first-order valence-electron chi connectivity index (χ1n) is 8.73. The number of aromatic nitrogens is 1. The van der Waals surface area contributed by atoms with E-state index in [-0.39, 0.29) is 17.4 Å². The van der Waals surface area contributed by atoms with E-state index in [0.29, 0.717) is 12.2 Å². The Kier molecular flexibility index (Phi) is 4.53. The lowest BCUT2D eigenvalue weighted by atomic mass is 10.2. The number of aromatic amines is 1. The molecule has 1 saturated heterocycles. The number of carbonyl (C=O) groups is 1. The Morgan fingerprint density at radius 1 is 1.19 bits per heavy atom. The molecule has 0 atom stereocenters. The second-order valence-electron chi connectivity index (χ2n) is 6.54. The van der Waals surface area contributed by atoms with Crippen LogP contribution in [-0.2, 0) is 4.79 Å². The molecule has 0 bridgehead atoms. The molecule has 2 aromatic rings. The summed E-state index contributed by atoms with van der Waals surface area (Å²) in [5.74, 6) is 0.767. The number of quaternary nitrogens is 1. The topological polar surface area (TPSA) is 69.4 Å². The number of alkyl halides is 2. The van der Waals surface area contributed by atoms with Crippen molar-refractivity contribution in [3.63, 3.8) is 0 Å². The molecule has 27 heavy (non-hydrogen) atoms. The maximum absolute atomic E-state index is 13.1. The fourth-order valence-corrected chi connectivity index (χ4v) is 3.28. The highest BCUT2D eigenvalue weighted by atomic mass is 19.3. The molecular weight excluding hydrogens is 358 g/mol. The van der Waals surface area contributed by atoms with E-state index in [0.717, 1.165) is 32.0 Å². The number of nitrogens with one attached hydrogen (secondary N) is 3. The van der Waals surface area contributed by atoms with E-state index in [1.54, 1.807) is 0 Å². The van der Waals surface area contributed by atoms with Gasteiger partial charge in [0.25, 0.3) is 11.7 Å². The van der Waals surface area contributed by atoms with E-state index in [2.05, 4.69) is 24.7 Å². The molecule has 0 aliphatic carbocycles. The summed E-state index contributed by atoms with van der Waals surface area (Å²) in [4.78, 5) is 18.9. The molecule has 0 spiro atoms. The van der Waals surface area contributed by atoms with Crippen molar-refractivity contribution in [2.45, 2.75) is 6.29 Å². The van der Waals surface area contributed by atoms with Crippen molar-refractivity contribution >= 4 is 17.4 Å². The number of pyridine rings is 1. The van der Waals surface area contributed by atoms with E-state index in [1.165, 1.54) is 23.1 Å². The molecule has 0 saturated carbocycles. The van der Waals surface area contributed by atoms with Gasteiger partial charge in [-0.2, -0.15) is 0 Å². The van der Waals surface area contributed by atoms with Crippen molar-refractivity contribution in [2.24, 2.45) is 0 Å². The molecule has 1 fully saturated rings. The number of anilines is 2. The van der Waals surface area contributed by atoms with E-state index >= 15 is 0 Å². The number of piperazine rings is 1. The molecule has 0 radical (unpaired) electrons. The molecule has 9 heteroatoms. The largest absolute Gasteiger partial charge is 0.586 e. The van der Waals surface area contributed by atoms with Crippen LogP contribution in [0, 0.1) is 0 Å². The van der Waals surface area contributed by atoms with Crippen LogP contribution < -0.4 is 29.6 Å². The van der Waals surface area contributed by atoms with Gasteiger partial charge in [-0.25, -0.2) is 4.98 Å². The fourth-order valence-electron chi connectivity index (χ4n) is 3.28. The molecule has 0 unspecified atom stereocenters. The van der Waals surface area contributed by atoms with Crippen LogP contribution in [0.5, 0.6) is 11.5 Å². The minimum atomic E-state index is -3.66. The van der Waals surface area contributed by atoms with Crippen LogP contribution in [0.2, 0.25) is 0 Å². The second kappa shape index (κ2) is 6.99. The van der Waals surface area contributed by atoms with Crippen LogP contribution in [0.15, 0.2) is 42.6 Å². The third-order valence-corrected chi connectivity index (χ3v) is 4.60. The summed E-state index contributed by atoms with van der Waals surface area (Å²) in [6, 6.07) is 10.2. The Labute approximate surface area is 154 Å². The average molecular weight is 378 g/mol. The Bertz CT molecular complexity index is 827. The first-order valence-corrected chi connectivity index (χ1v) is 8.73. The number of nitrogens with zero attached hydrogens (tertiary/aromatic N) is 1. The summed E-state index contributed by atoms with van der Waals surface area (Å²) in [6.45, 7) is 3.69. The molecule has 4 rings (SSSR count). The second-order valence-corrected chi connectivity index (χ2v) is 6.54. The van der Waals surface area contributed by atoms with E-state index in [9.17, 15) is 13.6 Å². The van der Waals surface area contributed by atoms with Gasteiger partial charge >= 0.3 is 6.29 Å². The number of rotatable bonds is 4. The third-order valence-electron chi connectivity index (χ3n) is 4.60. The van der Waals surface area contributed by atoms with Gasteiger partial charge in [-0.15, -0.1) is 8.78 Å². The molecule has 2 aliphatic rings. The first-order chi connectivity index (χ1) is 13.0. The minimum Gasteiger partial charge on any atom is -0.395 e. The van der Waals surface area contributed by atoms with Gasteiger partial charge in [0.15, 0.2) is 18.0 Å². The van der Waals surface area contributed by atoms with Gasteiger partial charge in [0.1, 0.15) is 26.2 Å². The molecule has 2 aliphatic heterocycles. The van der Waals surface area contributed by atoms with E-state index in [1.807, 2.05) is 24.4 Å². The quantitative estimate of drug-likeness (QED) is 0.796. The summed E-state index contributed by atoms with van der Waals surface area (Å²) in [6.07, 6.45) is -1.77. The van der Waals surface area contributed by atoms with Crippen LogP contribution in [0.4, 0.5) is 20.3 Å². The van der Waals surface area contributed by atoms with Crippen LogP contribution in [-0.4, -0.2) is 44.9 Å². The normalized spacial score (nSPS) is 18.4. The van der Waals surface area contributed by atoms with Crippen molar-refractivity contribution < 1.29 is 32.9 Å². The van der Waals surface area contributed by atoms with Crippen LogP contribution in [0.25, 0.3) is 0 Å². The van der Waals surface area contributed by atoms with Gasteiger partial charge in [-0.05, 0) is 18.2 Å². The standard InChI is InChI=1S/C18H18F2N4O3/c19-18(20)26-14-5-4-13(11-15(14)27-18)22-17(25)12-23-7-9-24(10-8-23)16-3-1-2-6-21-16/h1-6,11H,7-10,12H2,(H,22,25)/p+2. The van der Waals surface area contributed by atoms with Gasteiger partial charge in [0.05, 0.1) is 6.20 Å². The highest BCUT2D eigenvalue weighted by Gasteiger charge is 2.43. The molecule has 142 valence electrons. The van der Waals surface area contributed by atoms with Crippen molar-refractivity contribution in [1.82, 2.24) is 0 Å². The molecule has 7 nitrogen and oxygen atoms in total. The summed E-state index contributed by atoms with van der Waals surface area (Å²) >= 11 is 0. The number of amides is 1. The fraction of sp³-hybridized carbons (Fsp3) is 0.333. The summed E-state index contributed by atoms with van der Waals surface area (Å²) in [5.41, 5.74) is 0.400. The zero-order chi connectivity index (χ0) is 18.9. The van der Waals surface area contributed by atoms with Gasteiger partial charge in [0, 0.05) is 17.8 Å². The van der Waals surface area contributed by atoms with Gasteiger partial charge in [-0.3, -0.25) is 9.69 Å². The number of ether oxygens (including phenoxy) is 2. The van der Waals surface area contributed by atoms with Crippen molar-refractivity contribution in [3.05, 3.63) is 42.6 Å². The molecule has 3 heterocycles. The number of benzene rings is 1. The maximum Gasteiger partial charge on any atom is 0.586 e. The Morgan fingerprint density at radius 3 is 2.70 bits per heavy atom. The molecule has 1 amide bonds. The lowest BCUT2D eigenvalue weighted by Gasteiger charge is -2.27. The number of carbonyl (C=O) groups excluding carboxylic acids is 1. The molecule has 1 aromatic heterocycles. The number of hydrogen-bond donors (Lipinski definition) is 2. The summed E-state index contributed by atoms with van der Waals surface area (Å²) in [5, 5.41) is 2.73. The van der Waals surface area contributed by atoms with Gasteiger partial charge in [0.2, 0.25) is 0 Å². The van der Waals surface area contributed by atoms with E-state index in [4.69, 9.17) is 0 Å². The average Bonchev–Trinajstić information content (AvgIpc) is 2.96. The van der Waals surface area contributed by atoms with Crippen molar-refractivity contribution in [1.29, 1.82) is 0 Å². The van der Waals surface area contributed by atoms with Gasteiger partial charge < -0.3 is 19.7 Å². The predicted molar refractivity (Wildman–Crippen MR) is 92.0 cm³/mol. The van der Waals surface area contributed by atoms with E-state index < -0.39 is 6.29 Å². The summed E-state index contributed by atoms with van der Waals surface area (Å²) in [7, 11) is 0. The zero-order valence-electron chi connectivity index (χ0n) is 14.5.